The van der Waals surface area contributed by atoms with Crippen molar-refractivity contribution in [1.29, 1.82) is 0 Å². The second-order valence-corrected chi connectivity index (χ2v) is 2.52. The summed E-state index contributed by atoms with van der Waals surface area (Å²) < 4.78 is 0. The maximum Gasteiger partial charge on any atom is 0.303 e. The van der Waals surface area contributed by atoms with Crippen molar-refractivity contribution in [3.8, 4) is 0 Å². The van der Waals surface area contributed by atoms with E-state index in [9.17, 15) is 4.79 Å². The summed E-state index contributed by atoms with van der Waals surface area (Å²) in [5.74, 6) is -0.733. The molecule has 2 nitrogen and oxygen atoms in total. The first kappa shape index (κ1) is 11.0. The molecule has 68 valence electrons. The van der Waals surface area contributed by atoms with Gasteiger partial charge in [0.15, 0.2) is 0 Å². The Morgan fingerprint density at radius 2 is 1.92 bits per heavy atom. The van der Waals surface area contributed by atoms with Crippen LogP contribution in [-0.4, -0.2) is 11.1 Å². The van der Waals surface area contributed by atoms with Crippen LogP contribution in [0.5, 0.6) is 0 Å². The predicted molar refractivity (Wildman–Crippen MR) is 50.1 cm³/mol. The molecule has 12 heavy (non-hydrogen) atoms. The molecule has 0 atom stereocenters. The Bertz CT molecular complexity index is 169. The SMILES string of the molecule is CC/C=C/C/C=C/CCC(=O)O. The number of aliphatic carboxylic acids is 1. The molecule has 0 radical (unpaired) electrons. The number of hydrogen-bond acceptors (Lipinski definition) is 1. The molecule has 0 heterocycles. The molecule has 0 aromatic heterocycles. The Kier molecular flexibility index (Phi) is 7.35. The lowest BCUT2D eigenvalue weighted by atomic mass is 10.2. The van der Waals surface area contributed by atoms with Gasteiger partial charge in [-0.1, -0.05) is 31.2 Å². The van der Waals surface area contributed by atoms with Gasteiger partial charge in [-0.2, -0.15) is 0 Å². The molecule has 0 bridgehead atoms. The van der Waals surface area contributed by atoms with E-state index in [2.05, 4.69) is 19.1 Å². The average molecular weight is 168 g/mol. The van der Waals surface area contributed by atoms with E-state index < -0.39 is 5.97 Å². The molecule has 0 saturated carbocycles. The summed E-state index contributed by atoms with van der Waals surface area (Å²) in [4.78, 5) is 10.1. The molecule has 0 amide bonds. The van der Waals surface area contributed by atoms with Gasteiger partial charge in [0.1, 0.15) is 0 Å². The van der Waals surface area contributed by atoms with Crippen LogP contribution >= 0.6 is 0 Å². The Balaban J connectivity index is 3.25. The number of carbonyl (C=O) groups is 1. The lowest BCUT2D eigenvalue weighted by Crippen LogP contribution is -1.91. The van der Waals surface area contributed by atoms with E-state index in [1.165, 1.54) is 0 Å². The van der Waals surface area contributed by atoms with Crippen LogP contribution in [0.4, 0.5) is 0 Å². The summed E-state index contributed by atoms with van der Waals surface area (Å²) in [6.45, 7) is 2.09. The van der Waals surface area contributed by atoms with Crippen molar-refractivity contribution in [2.45, 2.75) is 32.6 Å². The normalized spacial score (nSPS) is 11.4. The van der Waals surface area contributed by atoms with Gasteiger partial charge in [0.25, 0.3) is 0 Å². The van der Waals surface area contributed by atoms with E-state index in [0.29, 0.717) is 6.42 Å². The van der Waals surface area contributed by atoms with Crippen LogP contribution in [0.15, 0.2) is 24.3 Å². The van der Waals surface area contributed by atoms with Gasteiger partial charge in [-0.25, -0.2) is 0 Å². The molecule has 2 heteroatoms. The minimum Gasteiger partial charge on any atom is -0.481 e. The Morgan fingerprint density at radius 1 is 1.25 bits per heavy atom. The Labute approximate surface area is 73.6 Å². The molecule has 0 unspecified atom stereocenters. The van der Waals surface area contributed by atoms with Crippen LogP contribution in [0.2, 0.25) is 0 Å². The molecule has 0 aromatic rings. The van der Waals surface area contributed by atoms with Crippen molar-refractivity contribution in [1.82, 2.24) is 0 Å². The van der Waals surface area contributed by atoms with E-state index in [1.807, 2.05) is 12.2 Å². The largest absolute Gasteiger partial charge is 0.481 e. The standard InChI is InChI=1S/C10H16O2/c1-2-3-4-5-6-7-8-9-10(11)12/h3-4,6-7H,2,5,8-9H2,1H3,(H,11,12)/b4-3+,7-6+. The Morgan fingerprint density at radius 3 is 2.50 bits per heavy atom. The molecular formula is C10H16O2. The number of hydrogen-bond donors (Lipinski definition) is 1. The zero-order valence-corrected chi connectivity index (χ0v) is 7.49. The van der Waals surface area contributed by atoms with Crippen LogP contribution in [0.3, 0.4) is 0 Å². The third-order valence-electron chi connectivity index (χ3n) is 1.37. The highest BCUT2D eigenvalue weighted by Gasteiger charge is 1.90. The van der Waals surface area contributed by atoms with Crippen molar-refractivity contribution in [3.05, 3.63) is 24.3 Å². The summed E-state index contributed by atoms with van der Waals surface area (Å²) in [6.07, 6.45) is 10.9. The first-order valence-electron chi connectivity index (χ1n) is 4.29. The zero-order chi connectivity index (χ0) is 9.23. The molecule has 0 fully saturated rings. The van der Waals surface area contributed by atoms with Gasteiger partial charge < -0.3 is 5.11 Å². The quantitative estimate of drug-likeness (QED) is 0.619. The zero-order valence-electron chi connectivity index (χ0n) is 7.49. The maximum atomic E-state index is 10.1. The second kappa shape index (κ2) is 8.05. The monoisotopic (exact) mass is 168 g/mol. The highest BCUT2D eigenvalue weighted by Crippen LogP contribution is 1.94. The highest BCUT2D eigenvalue weighted by molar-refractivity contribution is 5.66. The molecule has 1 N–H and O–H groups in total. The molecule has 0 rings (SSSR count). The third-order valence-corrected chi connectivity index (χ3v) is 1.37. The fraction of sp³-hybridized carbons (Fsp3) is 0.500. The van der Waals surface area contributed by atoms with Gasteiger partial charge in [0.2, 0.25) is 0 Å². The summed E-state index contributed by atoms with van der Waals surface area (Å²) in [5.41, 5.74) is 0. The lowest BCUT2D eigenvalue weighted by Gasteiger charge is -1.86. The maximum absolute atomic E-state index is 10.1. The van der Waals surface area contributed by atoms with E-state index in [-0.39, 0.29) is 6.42 Å². The van der Waals surface area contributed by atoms with Gasteiger partial charge >= 0.3 is 5.97 Å². The van der Waals surface area contributed by atoms with Crippen LogP contribution in [0.25, 0.3) is 0 Å². The predicted octanol–water partition coefficient (Wildman–Crippen LogP) is 2.76. The number of carboxylic acid groups (broad SMARTS) is 1. The lowest BCUT2D eigenvalue weighted by molar-refractivity contribution is -0.136. The average Bonchev–Trinajstić information content (AvgIpc) is 2.02. The van der Waals surface area contributed by atoms with E-state index in [4.69, 9.17) is 5.11 Å². The molecule has 0 spiro atoms. The molecule has 0 aliphatic heterocycles. The fourth-order valence-electron chi connectivity index (χ4n) is 0.762. The summed E-state index contributed by atoms with van der Waals surface area (Å²) in [5, 5.41) is 8.31. The summed E-state index contributed by atoms with van der Waals surface area (Å²) >= 11 is 0. The first-order chi connectivity index (χ1) is 5.77. The van der Waals surface area contributed by atoms with Crippen molar-refractivity contribution in [2.75, 3.05) is 0 Å². The minimum atomic E-state index is -0.733. The van der Waals surface area contributed by atoms with Crippen molar-refractivity contribution in [3.63, 3.8) is 0 Å². The number of allylic oxidation sites excluding steroid dienone is 4. The van der Waals surface area contributed by atoms with E-state index in [1.54, 1.807) is 0 Å². The molecule has 0 saturated heterocycles. The molecule has 0 aromatic carbocycles. The van der Waals surface area contributed by atoms with Gasteiger partial charge in [-0.05, 0) is 19.3 Å². The van der Waals surface area contributed by atoms with Crippen molar-refractivity contribution in [2.24, 2.45) is 0 Å². The number of rotatable bonds is 6. The van der Waals surface area contributed by atoms with Crippen molar-refractivity contribution >= 4 is 5.97 Å². The van der Waals surface area contributed by atoms with Crippen molar-refractivity contribution < 1.29 is 9.90 Å². The van der Waals surface area contributed by atoms with Crippen LogP contribution in [0.1, 0.15) is 32.6 Å². The van der Waals surface area contributed by atoms with Gasteiger partial charge in [0.05, 0.1) is 0 Å². The summed E-state index contributed by atoms with van der Waals surface area (Å²) in [6, 6.07) is 0. The summed E-state index contributed by atoms with van der Waals surface area (Å²) in [7, 11) is 0. The van der Waals surface area contributed by atoms with Crippen LogP contribution < -0.4 is 0 Å². The highest BCUT2D eigenvalue weighted by atomic mass is 16.4. The first-order valence-corrected chi connectivity index (χ1v) is 4.29. The topological polar surface area (TPSA) is 37.3 Å². The van der Waals surface area contributed by atoms with Gasteiger partial charge in [0, 0.05) is 6.42 Å². The van der Waals surface area contributed by atoms with Gasteiger partial charge in [-0.3, -0.25) is 4.79 Å². The van der Waals surface area contributed by atoms with E-state index in [0.717, 1.165) is 12.8 Å². The number of carboxylic acids is 1. The third kappa shape index (κ3) is 8.95. The molecule has 0 aliphatic carbocycles. The van der Waals surface area contributed by atoms with Gasteiger partial charge in [-0.15, -0.1) is 0 Å². The Hall–Kier alpha value is -1.05. The van der Waals surface area contributed by atoms with Crippen LogP contribution in [0, 0.1) is 0 Å². The smallest absolute Gasteiger partial charge is 0.303 e. The second-order valence-electron chi connectivity index (χ2n) is 2.52. The minimum absolute atomic E-state index is 0.230. The molecular weight excluding hydrogens is 152 g/mol. The molecule has 0 aliphatic rings. The van der Waals surface area contributed by atoms with Crippen LogP contribution in [-0.2, 0) is 4.79 Å². The van der Waals surface area contributed by atoms with E-state index >= 15 is 0 Å². The fourth-order valence-corrected chi connectivity index (χ4v) is 0.762.